The average molecular weight is 372 g/mol. The monoisotopic (exact) mass is 372 g/mol. The number of aromatic hydroxyl groups is 1. The number of carboxylic acid groups (broad SMARTS) is 1. The third-order valence-electron chi connectivity index (χ3n) is 4.93. The maximum Gasteiger partial charge on any atom is 0.352 e. The Morgan fingerprint density at radius 1 is 0.929 bits per heavy atom. The Morgan fingerprint density at radius 3 is 2.57 bits per heavy atom. The van der Waals surface area contributed by atoms with E-state index in [1.54, 1.807) is 18.3 Å². The summed E-state index contributed by atoms with van der Waals surface area (Å²) in [5.41, 5.74) is 3.44. The molecule has 5 rings (SSSR count). The van der Waals surface area contributed by atoms with E-state index in [0.29, 0.717) is 38.7 Å². The van der Waals surface area contributed by atoms with Crippen LogP contribution in [0.2, 0.25) is 0 Å². The summed E-state index contributed by atoms with van der Waals surface area (Å²) in [6.07, 6.45) is 1.72. The normalized spacial score (nSPS) is 11.4. The van der Waals surface area contributed by atoms with Crippen LogP contribution in [0.5, 0.6) is 11.6 Å². The molecule has 0 atom stereocenters. The molecular formula is C21H14N3O4-. The Hall–Kier alpha value is -4.13. The number of hydrogen-bond acceptors (Lipinski definition) is 3. The molecule has 0 fully saturated rings. The van der Waals surface area contributed by atoms with Crippen molar-refractivity contribution in [3.8, 4) is 34.0 Å². The molecule has 3 heterocycles. The molecule has 5 N–H and O–H groups in total. The van der Waals surface area contributed by atoms with Crippen molar-refractivity contribution in [2.75, 3.05) is 0 Å². The molecule has 0 saturated carbocycles. The van der Waals surface area contributed by atoms with E-state index in [-0.39, 0.29) is 17.3 Å². The number of aromatic amines is 3. The zero-order valence-electron chi connectivity index (χ0n) is 14.4. The third-order valence-corrected chi connectivity index (χ3v) is 4.93. The molecule has 28 heavy (non-hydrogen) atoms. The van der Waals surface area contributed by atoms with Crippen molar-refractivity contribution in [2.24, 2.45) is 0 Å². The molecule has 138 valence electrons. The van der Waals surface area contributed by atoms with Gasteiger partial charge in [0.2, 0.25) is 0 Å². The van der Waals surface area contributed by atoms with Crippen LogP contribution < -0.4 is 5.11 Å². The number of aromatic carboxylic acids is 1. The standard InChI is InChI=1S/C21H15N3O4/c25-10-5-6-15-12(7-10)14(9-22-15)17-8-13(19(23-17)21(27)28)18-11-3-1-2-4-16(11)24-20(18)26/h1-9,22-26H,(H,27,28)/p-1. The van der Waals surface area contributed by atoms with Crippen LogP contribution in [0, 0.1) is 0 Å². The van der Waals surface area contributed by atoms with E-state index in [9.17, 15) is 20.1 Å². The second-order valence-electron chi connectivity index (χ2n) is 6.58. The van der Waals surface area contributed by atoms with Gasteiger partial charge < -0.3 is 30.3 Å². The summed E-state index contributed by atoms with van der Waals surface area (Å²) in [4.78, 5) is 20.8. The molecule has 3 aromatic heterocycles. The van der Waals surface area contributed by atoms with Gasteiger partial charge in [0.05, 0.1) is 5.56 Å². The summed E-state index contributed by atoms with van der Waals surface area (Å²) in [6.45, 7) is 0. The number of para-hydroxylation sites is 1. The highest BCUT2D eigenvalue weighted by Gasteiger charge is 2.23. The van der Waals surface area contributed by atoms with Gasteiger partial charge >= 0.3 is 5.97 Å². The fraction of sp³-hybridized carbons (Fsp3) is 0. The molecule has 7 heteroatoms. The molecule has 0 unspecified atom stereocenters. The van der Waals surface area contributed by atoms with Crippen molar-refractivity contribution in [3.63, 3.8) is 0 Å². The zero-order valence-corrected chi connectivity index (χ0v) is 14.4. The van der Waals surface area contributed by atoms with Crippen LogP contribution in [0.3, 0.4) is 0 Å². The zero-order chi connectivity index (χ0) is 19.4. The van der Waals surface area contributed by atoms with Gasteiger partial charge in [-0.2, -0.15) is 0 Å². The Bertz CT molecular complexity index is 1370. The molecule has 0 aliphatic rings. The Labute approximate surface area is 157 Å². The lowest BCUT2D eigenvalue weighted by molar-refractivity contribution is -0.268. The van der Waals surface area contributed by atoms with Crippen LogP contribution in [0.25, 0.3) is 44.2 Å². The Balaban J connectivity index is 1.78. The van der Waals surface area contributed by atoms with Gasteiger partial charge in [-0.3, -0.25) is 0 Å². The lowest BCUT2D eigenvalue weighted by atomic mass is 10.0. The lowest BCUT2D eigenvalue weighted by Crippen LogP contribution is -1.98. The fourth-order valence-electron chi connectivity index (χ4n) is 3.69. The van der Waals surface area contributed by atoms with Crippen LogP contribution >= 0.6 is 0 Å². The number of benzene rings is 2. The van der Waals surface area contributed by atoms with Crippen molar-refractivity contribution in [1.82, 2.24) is 15.0 Å². The van der Waals surface area contributed by atoms with Gasteiger partial charge in [-0.1, -0.05) is 30.3 Å². The van der Waals surface area contributed by atoms with E-state index in [0.717, 1.165) is 5.52 Å². The summed E-state index contributed by atoms with van der Waals surface area (Å²) in [7, 11) is 0. The first-order valence-corrected chi connectivity index (χ1v) is 8.58. The van der Waals surface area contributed by atoms with Gasteiger partial charge in [0, 0.05) is 44.8 Å². The Kier molecular flexibility index (Phi) is 3.26. The predicted molar refractivity (Wildman–Crippen MR) is 103 cm³/mol. The average Bonchev–Trinajstić information content (AvgIpc) is 3.34. The molecule has 0 aliphatic carbocycles. The molecule has 0 amide bonds. The minimum absolute atomic E-state index is 0.0392. The van der Waals surface area contributed by atoms with Crippen molar-refractivity contribution in [2.45, 2.75) is 0 Å². The molecule has 5 aromatic rings. The maximum atomic E-state index is 11.9. The smallest absolute Gasteiger partial charge is 0.352 e. The van der Waals surface area contributed by atoms with Crippen LogP contribution in [0.15, 0.2) is 54.7 Å². The third kappa shape index (κ3) is 2.26. The van der Waals surface area contributed by atoms with E-state index in [4.69, 9.17) is 0 Å². The van der Waals surface area contributed by atoms with Gasteiger partial charge in [0.1, 0.15) is 5.69 Å². The molecule has 2 aromatic carbocycles. The number of H-pyrrole nitrogens is 3. The van der Waals surface area contributed by atoms with Crippen molar-refractivity contribution >= 4 is 27.8 Å². The van der Waals surface area contributed by atoms with Crippen LogP contribution in [0.4, 0.5) is 0 Å². The van der Waals surface area contributed by atoms with Crippen LogP contribution in [-0.4, -0.2) is 31.1 Å². The highest BCUT2D eigenvalue weighted by Crippen LogP contribution is 2.41. The quantitative estimate of drug-likeness (QED) is 0.330. The van der Waals surface area contributed by atoms with Gasteiger partial charge in [0.15, 0.2) is 5.88 Å². The summed E-state index contributed by atoms with van der Waals surface area (Å²) >= 11 is 0. The summed E-state index contributed by atoms with van der Waals surface area (Å²) in [5.74, 6) is -1.38. The van der Waals surface area contributed by atoms with E-state index in [2.05, 4.69) is 15.0 Å². The van der Waals surface area contributed by atoms with Crippen molar-refractivity contribution < 1.29 is 20.1 Å². The van der Waals surface area contributed by atoms with Crippen molar-refractivity contribution in [3.05, 3.63) is 60.4 Å². The van der Waals surface area contributed by atoms with Crippen LogP contribution in [0.1, 0.15) is 10.5 Å². The van der Waals surface area contributed by atoms with E-state index in [1.165, 1.54) is 12.1 Å². The van der Waals surface area contributed by atoms with Gasteiger partial charge in [-0.25, -0.2) is 4.79 Å². The largest absolute Gasteiger partial charge is 0.872 e. The minimum atomic E-state index is -1.14. The van der Waals surface area contributed by atoms with Crippen LogP contribution in [-0.2, 0) is 0 Å². The summed E-state index contributed by atoms with van der Waals surface area (Å²) in [5, 5.41) is 33.3. The van der Waals surface area contributed by atoms with Gasteiger partial charge in [-0.05, 0) is 18.2 Å². The number of aromatic nitrogens is 3. The number of carboxylic acids is 1. The number of fused-ring (bicyclic) bond motifs is 2. The first-order chi connectivity index (χ1) is 13.5. The molecule has 0 bridgehead atoms. The predicted octanol–water partition coefficient (Wildman–Crippen LogP) is 3.79. The molecular weight excluding hydrogens is 358 g/mol. The SMILES string of the molecule is O=C(O)c1[nH]c(-c2c[nH]c3ccc([O-])cc23)cc1-c1c(O)[nH]c2ccccc12. The maximum absolute atomic E-state index is 11.9. The number of hydrogen-bond donors (Lipinski definition) is 5. The van der Waals surface area contributed by atoms with Crippen molar-refractivity contribution in [1.29, 1.82) is 0 Å². The molecule has 0 aliphatic heterocycles. The molecule has 0 radical (unpaired) electrons. The van der Waals surface area contributed by atoms with E-state index >= 15 is 0 Å². The first kappa shape index (κ1) is 16.1. The van der Waals surface area contributed by atoms with Gasteiger partial charge in [-0.15, -0.1) is 5.75 Å². The van der Waals surface area contributed by atoms with E-state index < -0.39 is 5.97 Å². The first-order valence-electron chi connectivity index (χ1n) is 8.58. The summed E-state index contributed by atoms with van der Waals surface area (Å²) < 4.78 is 0. The molecule has 7 nitrogen and oxygen atoms in total. The lowest BCUT2D eigenvalue weighted by Gasteiger charge is -2.04. The second kappa shape index (κ2) is 5.68. The van der Waals surface area contributed by atoms with Gasteiger partial charge in [0.25, 0.3) is 0 Å². The van der Waals surface area contributed by atoms with E-state index in [1.807, 2.05) is 24.3 Å². The second-order valence-corrected chi connectivity index (χ2v) is 6.58. The highest BCUT2D eigenvalue weighted by atomic mass is 16.4. The topological polar surface area (TPSA) is 128 Å². The molecule has 0 spiro atoms. The number of rotatable bonds is 3. The Morgan fingerprint density at radius 2 is 1.75 bits per heavy atom. The summed E-state index contributed by atoms with van der Waals surface area (Å²) in [6, 6.07) is 13.6. The number of carbonyl (C=O) groups is 1. The fourth-order valence-corrected chi connectivity index (χ4v) is 3.69. The number of nitrogens with one attached hydrogen (secondary N) is 3. The highest BCUT2D eigenvalue weighted by molar-refractivity contribution is 6.07. The molecule has 0 saturated heterocycles. The minimum Gasteiger partial charge on any atom is -0.872 e.